The molecule has 1 aromatic carbocycles. The van der Waals surface area contributed by atoms with Crippen LogP contribution in [0.25, 0.3) is 11.3 Å². The van der Waals surface area contributed by atoms with Crippen molar-refractivity contribution in [2.75, 3.05) is 7.05 Å². The van der Waals surface area contributed by atoms with Crippen molar-refractivity contribution >= 4 is 0 Å². The molecule has 0 unspecified atom stereocenters. The highest BCUT2D eigenvalue weighted by atomic mass is 15.1. The summed E-state index contributed by atoms with van der Waals surface area (Å²) in [7, 11) is 3.99. The van der Waals surface area contributed by atoms with Crippen molar-refractivity contribution in [1.82, 2.24) is 14.9 Å². The lowest BCUT2D eigenvalue weighted by Crippen LogP contribution is -2.11. The summed E-state index contributed by atoms with van der Waals surface area (Å²) >= 11 is 0. The number of nitrogens with one attached hydrogen (secondary N) is 1. The second kappa shape index (κ2) is 5.17. The Labute approximate surface area is 115 Å². The van der Waals surface area contributed by atoms with Gasteiger partial charge in [0, 0.05) is 19.2 Å². The molecule has 0 bridgehead atoms. The lowest BCUT2D eigenvalue weighted by atomic mass is 9.86. The molecule has 0 saturated heterocycles. The first-order chi connectivity index (χ1) is 8.93. The molecule has 1 aromatic heterocycles. The van der Waals surface area contributed by atoms with E-state index in [1.54, 1.807) is 0 Å². The molecule has 102 valence electrons. The van der Waals surface area contributed by atoms with Gasteiger partial charge in [-0.2, -0.15) is 0 Å². The molecule has 19 heavy (non-hydrogen) atoms. The van der Waals surface area contributed by atoms with Crippen molar-refractivity contribution in [2.24, 2.45) is 7.05 Å². The molecular formula is C16H23N3. The first-order valence-electron chi connectivity index (χ1n) is 6.69. The summed E-state index contributed by atoms with van der Waals surface area (Å²) in [4.78, 5) is 4.52. The van der Waals surface area contributed by atoms with E-state index in [2.05, 4.69) is 59.9 Å². The van der Waals surface area contributed by atoms with Crippen molar-refractivity contribution < 1.29 is 0 Å². The van der Waals surface area contributed by atoms with Crippen LogP contribution in [-0.4, -0.2) is 16.6 Å². The highest BCUT2D eigenvalue weighted by molar-refractivity contribution is 5.62. The van der Waals surface area contributed by atoms with E-state index in [-0.39, 0.29) is 5.41 Å². The molecule has 0 saturated carbocycles. The van der Waals surface area contributed by atoms with Gasteiger partial charge in [0.15, 0.2) is 0 Å². The average Bonchev–Trinajstić information content (AvgIpc) is 2.71. The second-order valence-corrected chi connectivity index (χ2v) is 6.01. The maximum atomic E-state index is 4.52. The van der Waals surface area contributed by atoms with Gasteiger partial charge in [-0.05, 0) is 18.0 Å². The minimum atomic E-state index is 0.191. The summed E-state index contributed by atoms with van der Waals surface area (Å²) < 4.78 is 2.07. The molecule has 2 aromatic rings. The molecule has 2 rings (SSSR count). The van der Waals surface area contributed by atoms with E-state index in [1.165, 1.54) is 16.8 Å². The van der Waals surface area contributed by atoms with Crippen LogP contribution in [0.3, 0.4) is 0 Å². The van der Waals surface area contributed by atoms with Crippen LogP contribution in [0.15, 0.2) is 30.6 Å². The summed E-state index contributed by atoms with van der Waals surface area (Å²) in [5, 5.41) is 3.20. The number of hydrogen-bond acceptors (Lipinski definition) is 2. The number of nitrogens with zero attached hydrogens (tertiary/aromatic N) is 2. The normalized spacial score (nSPS) is 11.8. The zero-order chi connectivity index (χ0) is 14.0. The molecule has 0 radical (unpaired) electrons. The monoisotopic (exact) mass is 257 g/mol. The Morgan fingerprint density at radius 2 is 1.79 bits per heavy atom. The van der Waals surface area contributed by atoms with Gasteiger partial charge in [-0.1, -0.05) is 45.0 Å². The van der Waals surface area contributed by atoms with Crippen molar-refractivity contribution in [3.05, 3.63) is 41.9 Å². The molecule has 1 N–H and O–H groups in total. The van der Waals surface area contributed by atoms with Crippen molar-refractivity contribution in [3.8, 4) is 11.3 Å². The van der Waals surface area contributed by atoms with Crippen LogP contribution < -0.4 is 5.32 Å². The molecule has 3 nitrogen and oxygen atoms in total. The van der Waals surface area contributed by atoms with Gasteiger partial charge in [-0.15, -0.1) is 0 Å². The summed E-state index contributed by atoms with van der Waals surface area (Å²) in [6.07, 6.45) is 1.87. The van der Waals surface area contributed by atoms with Crippen molar-refractivity contribution in [3.63, 3.8) is 0 Å². The Bertz CT molecular complexity index is 544. The number of aryl methyl sites for hydroxylation is 1. The van der Waals surface area contributed by atoms with Crippen LogP contribution in [0.1, 0.15) is 32.0 Å². The summed E-state index contributed by atoms with van der Waals surface area (Å²) in [6, 6.07) is 8.74. The Morgan fingerprint density at radius 1 is 1.16 bits per heavy atom. The SMILES string of the molecule is CNCc1c(-c2ccc(C(C)(C)C)cc2)ncn1C. The zero-order valence-corrected chi connectivity index (χ0v) is 12.5. The first kappa shape index (κ1) is 13.8. The van der Waals surface area contributed by atoms with E-state index in [1.807, 2.05) is 20.4 Å². The lowest BCUT2D eigenvalue weighted by molar-refractivity contribution is 0.590. The van der Waals surface area contributed by atoms with Crippen LogP contribution in [-0.2, 0) is 19.0 Å². The quantitative estimate of drug-likeness (QED) is 0.915. The minimum Gasteiger partial charge on any atom is -0.336 e. The fourth-order valence-electron chi connectivity index (χ4n) is 2.20. The molecular weight excluding hydrogens is 234 g/mol. The predicted octanol–water partition coefficient (Wildman–Crippen LogP) is 3.10. The Kier molecular flexibility index (Phi) is 3.76. The molecule has 0 fully saturated rings. The zero-order valence-electron chi connectivity index (χ0n) is 12.5. The third-order valence-electron chi connectivity index (χ3n) is 3.43. The van der Waals surface area contributed by atoms with E-state index in [9.17, 15) is 0 Å². The van der Waals surface area contributed by atoms with Crippen LogP contribution in [0.4, 0.5) is 0 Å². The summed E-state index contributed by atoms with van der Waals surface area (Å²) in [6.45, 7) is 7.52. The molecule has 0 aliphatic rings. The molecule has 0 atom stereocenters. The van der Waals surface area contributed by atoms with E-state index in [0.29, 0.717) is 0 Å². The first-order valence-corrected chi connectivity index (χ1v) is 6.69. The van der Waals surface area contributed by atoms with Gasteiger partial charge < -0.3 is 9.88 Å². The average molecular weight is 257 g/mol. The summed E-state index contributed by atoms with van der Waals surface area (Å²) in [5.41, 5.74) is 5.00. The molecule has 3 heteroatoms. The predicted molar refractivity (Wildman–Crippen MR) is 80.1 cm³/mol. The standard InChI is InChI=1S/C16H23N3/c1-16(2,3)13-8-6-12(7-9-13)15-14(10-17-4)19(5)11-18-15/h6-9,11,17H,10H2,1-5H3. The van der Waals surface area contributed by atoms with Crippen LogP contribution in [0.5, 0.6) is 0 Å². The van der Waals surface area contributed by atoms with Crippen LogP contribution in [0.2, 0.25) is 0 Å². The smallest absolute Gasteiger partial charge is 0.0953 e. The van der Waals surface area contributed by atoms with E-state index < -0.39 is 0 Å². The fourth-order valence-corrected chi connectivity index (χ4v) is 2.20. The van der Waals surface area contributed by atoms with Gasteiger partial charge in [-0.25, -0.2) is 4.98 Å². The largest absolute Gasteiger partial charge is 0.336 e. The summed E-state index contributed by atoms with van der Waals surface area (Å²) in [5.74, 6) is 0. The maximum absolute atomic E-state index is 4.52. The highest BCUT2D eigenvalue weighted by Crippen LogP contribution is 2.27. The van der Waals surface area contributed by atoms with Gasteiger partial charge in [-0.3, -0.25) is 0 Å². The van der Waals surface area contributed by atoms with Gasteiger partial charge in [0.25, 0.3) is 0 Å². The van der Waals surface area contributed by atoms with E-state index in [4.69, 9.17) is 0 Å². The Hall–Kier alpha value is -1.61. The third-order valence-corrected chi connectivity index (χ3v) is 3.43. The molecule has 0 aliphatic heterocycles. The van der Waals surface area contributed by atoms with Crippen molar-refractivity contribution in [2.45, 2.75) is 32.7 Å². The maximum Gasteiger partial charge on any atom is 0.0953 e. The number of aromatic nitrogens is 2. The molecule has 0 amide bonds. The topological polar surface area (TPSA) is 29.9 Å². The second-order valence-electron chi connectivity index (χ2n) is 6.01. The Morgan fingerprint density at radius 3 is 2.32 bits per heavy atom. The number of hydrogen-bond donors (Lipinski definition) is 1. The van der Waals surface area contributed by atoms with E-state index in [0.717, 1.165) is 12.2 Å². The van der Waals surface area contributed by atoms with Gasteiger partial charge in [0.05, 0.1) is 17.7 Å². The fraction of sp³-hybridized carbons (Fsp3) is 0.438. The number of imidazole rings is 1. The lowest BCUT2D eigenvalue weighted by Gasteiger charge is -2.19. The highest BCUT2D eigenvalue weighted by Gasteiger charge is 2.15. The molecule has 0 spiro atoms. The molecule has 1 heterocycles. The van der Waals surface area contributed by atoms with Crippen LogP contribution in [0, 0.1) is 0 Å². The minimum absolute atomic E-state index is 0.191. The number of rotatable bonds is 3. The molecule has 0 aliphatic carbocycles. The van der Waals surface area contributed by atoms with Gasteiger partial charge in [0.1, 0.15) is 0 Å². The van der Waals surface area contributed by atoms with Crippen LogP contribution >= 0.6 is 0 Å². The number of benzene rings is 1. The van der Waals surface area contributed by atoms with Gasteiger partial charge >= 0.3 is 0 Å². The van der Waals surface area contributed by atoms with Crippen molar-refractivity contribution in [1.29, 1.82) is 0 Å². The third kappa shape index (κ3) is 2.87. The van der Waals surface area contributed by atoms with E-state index >= 15 is 0 Å². The van der Waals surface area contributed by atoms with Gasteiger partial charge in [0.2, 0.25) is 0 Å². The Balaban J connectivity index is 2.38.